The Labute approximate surface area is 123 Å². The first kappa shape index (κ1) is 13.4. The van der Waals surface area contributed by atoms with E-state index in [4.69, 9.17) is 0 Å². The second-order valence-corrected chi connectivity index (χ2v) is 5.06. The molecule has 0 fully saturated rings. The molecule has 1 aliphatic rings. The zero-order valence-corrected chi connectivity index (χ0v) is 11.8. The zero-order chi connectivity index (χ0) is 14.8. The van der Waals surface area contributed by atoms with Crippen molar-refractivity contribution in [2.45, 2.75) is 6.42 Å². The Morgan fingerprint density at radius 1 is 1.05 bits per heavy atom. The lowest BCUT2D eigenvalue weighted by molar-refractivity contribution is -0.119. The van der Waals surface area contributed by atoms with Crippen LogP contribution in [-0.4, -0.2) is 25.4 Å². The summed E-state index contributed by atoms with van der Waals surface area (Å²) in [5.74, 6) is -0.444. The van der Waals surface area contributed by atoms with Crippen molar-refractivity contribution < 1.29 is 9.59 Å². The predicted molar refractivity (Wildman–Crippen MR) is 81.1 cm³/mol. The van der Waals surface area contributed by atoms with Gasteiger partial charge in [0, 0.05) is 12.6 Å². The monoisotopic (exact) mass is 280 g/mol. The van der Waals surface area contributed by atoms with Crippen LogP contribution in [0.1, 0.15) is 21.5 Å². The summed E-state index contributed by atoms with van der Waals surface area (Å²) < 4.78 is 0. The van der Waals surface area contributed by atoms with Crippen molar-refractivity contribution in [1.82, 2.24) is 10.6 Å². The summed E-state index contributed by atoms with van der Waals surface area (Å²) in [4.78, 5) is 23.3. The van der Waals surface area contributed by atoms with Crippen LogP contribution in [0.5, 0.6) is 0 Å². The third-order valence-electron chi connectivity index (χ3n) is 3.75. The van der Waals surface area contributed by atoms with E-state index in [-0.39, 0.29) is 18.4 Å². The van der Waals surface area contributed by atoms with Gasteiger partial charge in [0.15, 0.2) is 0 Å². The largest absolute Gasteiger partial charge is 0.358 e. The van der Waals surface area contributed by atoms with Gasteiger partial charge in [-0.3, -0.25) is 9.59 Å². The van der Waals surface area contributed by atoms with Crippen molar-refractivity contribution in [2.24, 2.45) is 0 Å². The number of hydrogen-bond donors (Lipinski definition) is 2. The van der Waals surface area contributed by atoms with Gasteiger partial charge < -0.3 is 10.6 Å². The summed E-state index contributed by atoms with van der Waals surface area (Å²) in [5.41, 5.74) is 5.40. The lowest BCUT2D eigenvalue weighted by Gasteiger charge is -2.07. The van der Waals surface area contributed by atoms with Crippen LogP contribution in [0.4, 0.5) is 0 Å². The molecule has 2 N–H and O–H groups in total. The van der Waals surface area contributed by atoms with Crippen LogP contribution in [-0.2, 0) is 11.2 Å². The third kappa shape index (κ3) is 2.52. The van der Waals surface area contributed by atoms with E-state index in [1.54, 1.807) is 7.05 Å². The standard InChI is InChI=1S/C17H16N2O2/c1-18-16(20)10-19-17(21)13-7-6-12-8-11-4-2-3-5-14(11)15(12)9-13/h2-7,9H,8,10H2,1H3,(H,18,20)(H,19,21). The fraction of sp³-hybridized carbons (Fsp3) is 0.176. The molecule has 0 aromatic heterocycles. The van der Waals surface area contributed by atoms with Gasteiger partial charge in [0.2, 0.25) is 5.91 Å². The van der Waals surface area contributed by atoms with Crippen LogP contribution in [0, 0.1) is 0 Å². The normalized spacial score (nSPS) is 11.5. The Balaban J connectivity index is 1.85. The Bertz CT molecular complexity index is 722. The SMILES string of the molecule is CNC(=O)CNC(=O)c1ccc2c(c1)-c1ccccc1C2. The molecular formula is C17H16N2O2. The number of benzene rings is 2. The van der Waals surface area contributed by atoms with E-state index in [2.05, 4.69) is 22.8 Å². The van der Waals surface area contributed by atoms with Gasteiger partial charge >= 0.3 is 0 Å². The first-order valence-corrected chi connectivity index (χ1v) is 6.89. The number of hydrogen-bond acceptors (Lipinski definition) is 2. The molecule has 0 saturated heterocycles. The predicted octanol–water partition coefficient (Wildman–Crippen LogP) is 1.73. The summed E-state index contributed by atoms with van der Waals surface area (Å²) in [6, 6.07) is 13.9. The van der Waals surface area contributed by atoms with E-state index in [9.17, 15) is 9.59 Å². The van der Waals surface area contributed by atoms with Crippen molar-refractivity contribution in [3.05, 3.63) is 59.2 Å². The quantitative estimate of drug-likeness (QED) is 0.767. The molecule has 0 saturated carbocycles. The highest BCUT2D eigenvalue weighted by Crippen LogP contribution is 2.36. The minimum atomic E-state index is -0.231. The Kier molecular flexibility index (Phi) is 3.44. The molecule has 0 atom stereocenters. The summed E-state index contributed by atoms with van der Waals surface area (Å²) >= 11 is 0. The molecule has 2 aromatic carbocycles. The molecule has 2 aromatic rings. The molecule has 0 aliphatic heterocycles. The molecule has 21 heavy (non-hydrogen) atoms. The molecule has 2 amide bonds. The number of carbonyl (C=O) groups excluding carboxylic acids is 2. The highest BCUT2D eigenvalue weighted by atomic mass is 16.2. The first-order valence-electron chi connectivity index (χ1n) is 6.89. The molecule has 0 spiro atoms. The van der Waals surface area contributed by atoms with Crippen LogP contribution in [0.2, 0.25) is 0 Å². The van der Waals surface area contributed by atoms with Gasteiger partial charge in [0.05, 0.1) is 6.54 Å². The lowest BCUT2D eigenvalue weighted by Crippen LogP contribution is -2.35. The molecule has 4 nitrogen and oxygen atoms in total. The van der Waals surface area contributed by atoms with Gasteiger partial charge in [-0.2, -0.15) is 0 Å². The fourth-order valence-electron chi connectivity index (χ4n) is 2.62. The van der Waals surface area contributed by atoms with Crippen LogP contribution in [0.3, 0.4) is 0 Å². The average Bonchev–Trinajstić information content (AvgIpc) is 2.90. The number of amides is 2. The minimum Gasteiger partial charge on any atom is -0.358 e. The molecule has 0 radical (unpaired) electrons. The Morgan fingerprint density at radius 2 is 1.81 bits per heavy atom. The minimum absolute atomic E-state index is 0.0109. The molecular weight excluding hydrogens is 264 g/mol. The summed E-state index contributed by atoms with van der Waals surface area (Å²) in [5, 5.41) is 5.09. The second-order valence-electron chi connectivity index (χ2n) is 5.06. The van der Waals surface area contributed by atoms with Gasteiger partial charge in [0.1, 0.15) is 0 Å². The highest BCUT2D eigenvalue weighted by molar-refractivity contribution is 5.98. The summed E-state index contributed by atoms with van der Waals surface area (Å²) in [7, 11) is 1.54. The van der Waals surface area contributed by atoms with E-state index < -0.39 is 0 Å². The van der Waals surface area contributed by atoms with Gasteiger partial charge in [-0.15, -0.1) is 0 Å². The van der Waals surface area contributed by atoms with E-state index >= 15 is 0 Å². The maximum atomic E-state index is 12.1. The fourth-order valence-corrected chi connectivity index (χ4v) is 2.62. The smallest absolute Gasteiger partial charge is 0.251 e. The topological polar surface area (TPSA) is 58.2 Å². The number of nitrogens with one attached hydrogen (secondary N) is 2. The molecule has 0 bridgehead atoms. The third-order valence-corrected chi connectivity index (χ3v) is 3.75. The Hall–Kier alpha value is -2.62. The zero-order valence-electron chi connectivity index (χ0n) is 11.8. The van der Waals surface area contributed by atoms with E-state index in [1.165, 1.54) is 16.7 Å². The van der Waals surface area contributed by atoms with Gasteiger partial charge in [-0.25, -0.2) is 0 Å². The molecule has 0 unspecified atom stereocenters. The van der Waals surface area contributed by atoms with Crippen molar-refractivity contribution in [3.8, 4) is 11.1 Å². The Morgan fingerprint density at radius 3 is 2.62 bits per heavy atom. The van der Waals surface area contributed by atoms with E-state index in [0.717, 1.165) is 12.0 Å². The van der Waals surface area contributed by atoms with Crippen LogP contribution in [0.15, 0.2) is 42.5 Å². The number of rotatable bonds is 3. The number of fused-ring (bicyclic) bond motifs is 3. The summed E-state index contributed by atoms with van der Waals surface area (Å²) in [6.07, 6.45) is 0.908. The lowest BCUT2D eigenvalue weighted by atomic mass is 10.0. The maximum absolute atomic E-state index is 12.1. The van der Waals surface area contributed by atoms with E-state index in [1.807, 2.05) is 30.3 Å². The molecule has 0 heterocycles. The van der Waals surface area contributed by atoms with Crippen LogP contribution in [0.25, 0.3) is 11.1 Å². The molecule has 4 heteroatoms. The van der Waals surface area contributed by atoms with Crippen molar-refractivity contribution in [3.63, 3.8) is 0 Å². The van der Waals surface area contributed by atoms with Crippen molar-refractivity contribution in [1.29, 1.82) is 0 Å². The van der Waals surface area contributed by atoms with Gasteiger partial charge in [-0.05, 0) is 40.8 Å². The van der Waals surface area contributed by atoms with Crippen LogP contribution < -0.4 is 10.6 Å². The number of likely N-dealkylation sites (N-methyl/N-ethyl adjacent to an activating group) is 1. The summed E-state index contributed by atoms with van der Waals surface area (Å²) in [6.45, 7) is -0.0109. The maximum Gasteiger partial charge on any atom is 0.251 e. The second kappa shape index (κ2) is 5.40. The molecule has 1 aliphatic carbocycles. The molecule has 106 valence electrons. The van der Waals surface area contributed by atoms with Crippen molar-refractivity contribution >= 4 is 11.8 Å². The van der Waals surface area contributed by atoms with Crippen LogP contribution >= 0.6 is 0 Å². The average molecular weight is 280 g/mol. The van der Waals surface area contributed by atoms with E-state index in [0.29, 0.717) is 5.56 Å². The highest BCUT2D eigenvalue weighted by Gasteiger charge is 2.19. The molecule has 3 rings (SSSR count). The van der Waals surface area contributed by atoms with Gasteiger partial charge in [0.25, 0.3) is 5.91 Å². The number of carbonyl (C=O) groups is 2. The first-order chi connectivity index (χ1) is 10.2. The van der Waals surface area contributed by atoms with Crippen molar-refractivity contribution in [2.75, 3.05) is 13.6 Å². The van der Waals surface area contributed by atoms with Gasteiger partial charge in [-0.1, -0.05) is 30.3 Å².